The smallest absolute Gasteiger partial charge is 0.339 e. The zero-order chi connectivity index (χ0) is 25.4. The number of fused-ring (bicyclic) bond motifs is 3. The third kappa shape index (κ3) is 5.06. The molecule has 1 aromatic carbocycles. The van der Waals surface area contributed by atoms with Crippen molar-refractivity contribution in [2.45, 2.75) is 108 Å². The predicted octanol–water partition coefficient (Wildman–Crippen LogP) is 5.44. The Balaban J connectivity index is 1.12. The molecule has 1 saturated carbocycles. The van der Waals surface area contributed by atoms with E-state index in [0.717, 1.165) is 48.9 Å². The third-order valence-electron chi connectivity index (χ3n) is 9.80. The van der Waals surface area contributed by atoms with Crippen molar-refractivity contribution in [2.24, 2.45) is 5.92 Å². The molecule has 0 bridgehead atoms. The fourth-order valence-corrected chi connectivity index (χ4v) is 7.62. The summed E-state index contributed by atoms with van der Waals surface area (Å²) in [6.45, 7) is 5.16. The molecular weight excluding hydrogens is 464 g/mol. The van der Waals surface area contributed by atoms with Gasteiger partial charge in [-0.2, -0.15) is 0 Å². The molecule has 6 rings (SSSR count). The van der Waals surface area contributed by atoms with Crippen molar-refractivity contribution < 1.29 is 13.9 Å². The molecule has 37 heavy (non-hydrogen) atoms. The second-order valence-electron chi connectivity index (χ2n) is 12.1. The van der Waals surface area contributed by atoms with E-state index in [0.29, 0.717) is 35.9 Å². The van der Waals surface area contributed by atoms with E-state index in [1.807, 2.05) is 13.0 Å². The molecule has 2 saturated heterocycles. The minimum absolute atomic E-state index is 0.0310. The van der Waals surface area contributed by atoms with Crippen molar-refractivity contribution in [1.29, 1.82) is 0 Å². The summed E-state index contributed by atoms with van der Waals surface area (Å²) in [5, 5.41) is 4.16. The van der Waals surface area contributed by atoms with Crippen molar-refractivity contribution in [3.05, 3.63) is 39.2 Å². The van der Waals surface area contributed by atoms with Gasteiger partial charge in [-0.3, -0.25) is 4.79 Å². The monoisotopic (exact) mass is 506 g/mol. The maximum atomic E-state index is 12.9. The number of carbonyl (C=O) groups is 1. The van der Waals surface area contributed by atoms with Gasteiger partial charge in [0, 0.05) is 36.0 Å². The Bertz CT molecular complexity index is 1210. The Kier molecular flexibility index (Phi) is 7.04. The molecule has 1 N–H and O–H groups in total. The van der Waals surface area contributed by atoms with Gasteiger partial charge >= 0.3 is 5.63 Å². The standard InChI is InChI=1S/C31H42N2O4/c1-21-24(10-11-29(34)32-20-23-8-7-17-33-16-6-3-9-26(23)33)30(35)36-28-19-27-22(18-25(21)28)12-15-31(37-27)13-4-2-5-14-31/h18-19,23,26H,2-17,20H2,1H3,(H,32,34)/t23-,26+/m0/s1. The Morgan fingerprint density at radius 1 is 1.05 bits per heavy atom. The number of aryl methyl sites for hydroxylation is 2. The number of nitrogens with one attached hydrogen (secondary N) is 1. The fraction of sp³-hybridized carbons (Fsp3) is 0.677. The number of nitrogens with zero attached hydrogens (tertiary/aromatic N) is 1. The molecule has 3 fully saturated rings. The summed E-state index contributed by atoms with van der Waals surface area (Å²) in [5.74, 6) is 1.46. The van der Waals surface area contributed by atoms with Gasteiger partial charge in [0.15, 0.2) is 0 Å². The Labute approximate surface area is 220 Å². The maximum Gasteiger partial charge on any atom is 0.339 e. The van der Waals surface area contributed by atoms with Crippen LogP contribution in [0.15, 0.2) is 21.3 Å². The molecule has 200 valence electrons. The third-order valence-corrected chi connectivity index (χ3v) is 9.80. The van der Waals surface area contributed by atoms with Gasteiger partial charge in [0.1, 0.15) is 16.9 Å². The number of amides is 1. The lowest BCUT2D eigenvalue weighted by Gasteiger charge is -2.44. The first kappa shape index (κ1) is 25.0. The van der Waals surface area contributed by atoms with Crippen LogP contribution in [0.1, 0.15) is 93.7 Å². The van der Waals surface area contributed by atoms with Gasteiger partial charge in [0.05, 0.1) is 0 Å². The highest BCUT2D eigenvalue weighted by Crippen LogP contribution is 2.43. The van der Waals surface area contributed by atoms with Crippen LogP contribution in [0.4, 0.5) is 0 Å². The molecule has 3 aliphatic heterocycles. The number of hydrogen-bond donors (Lipinski definition) is 1. The molecule has 1 spiro atoms. The topological polar surface area (TPSA) is 71.8 Å². The number of piperidine rings is 2. The van der Waals surface area contributed by atoms with Gasteiger partial charge in [0.2, 0.25) is 5.91 Å². The van der Waals surface area contributed by atoms with Crippen LogP contribution in [-0.2, 0) is 17.6 Å². The fourth-order valence-electron chi connectivity index (χ4n) is 7.62. The molecule has 4 heterocycles. The van der Waals surface area contributed by atoms with E-state index in [4.69, 9.17) is 9.15 Å². The average Bonchev–Trinajstić information content (AvgIpc) is 2.91. The van der Waals surface area contributed by atoms with Crippen molar-refractivity contribution in [3.63, 3.8) is 0 Å². The highest BCUT2D eigenvalue weighted by Gasteiger charge is 2.38. The number of benzene rings is 1. The van der Waals surface area contributed by atoms with Crippen LogP contribution in [0, 0.1) is 12.8 Å². The van der Waals surface area contributed by atoms with E-state index >= 15 is 0 Å². The van der Waals surface area contributed by atoms with Gasteiger partial charge in [0.25, 0.3) is 0 Å². The van der Waals surface area contributed by atoms with Crippen LogP contribution in [0.5, 0.6) is 5.75 Å². The Hall–Kier alpha value is -2.34. The van der Waals surface area contributed by atoms with Crippen molar-refractivity contribution in [2.75, 3.05) is 19.6 Å². The second kappa shape index (κ2) is 10.4. The second-order valence-corrected chi connectivity index (χ2v) is 12.1. The predicted molar refractivity (Wildman–Crippen MR) is 145 cm³/mol. The van der Waals surface area contributed by atoms with E-state index in [2.05, 4.69) is 16.3 Å². The van der Waals surface area contributed by atoms with Crippen molar-refractivity contribution >= 4 is 16.9 Å². The first-order valence-electron chi connectivity index (χ1n) is 14.8. The summed E-state index contributed by atoms with van der Waals surface area (Å²) < 4.78 is 12.3. The minimum Gasteiger partial charge on any atom is -0.487 e. The van der Waals surface area contributed by atoms with E-state index < -0.39 is 0 Å². The van der Waals surface area contributed by atoms with Gasteiger partial charge < -0.3 is 19.4 Å². The zero-order valence-electron chi connectivity index (χ0n) is 22.4. The lowest BCUT2D eigenvalue weighted by Crippen LogP contribution is -2.51. The van der Waals surface area contributed by atoms with Crippen LogP contribution in [-0.4, -0.2) is 42.1 Å². The number of hydrogen-bond acceptors (Lipinski definition) is 5. The molecule has 2 aromatic rings. The molecular formula is C31H42N2O4. The highest BCUT2D eigenvalue weighted by molar-refractivity contribution is 5.84. The van der Waals surface area contributed by atoms with E-state index in [9.17, 15) is 9.59 Å². The first-order valence-corrected chi connectivity index (χ1v) is 14.8. The average molecular weight is 507 g/mol. The van der Waals surface area contributed by atoms with Crippen LogP contribution >= 0.6 is 0 Å². The van der Waals surface area contributed by atoms with Gasteiger partial charge in [-0.25, -0.2) is 4.79 Å². The quantitative estimate of drug-likeness (QED) is 0.547. The molecule has 6 heteroatoms. The summed E-state index contributed by atoms with van der Waals surface area (Å²) in [6, 6.07) is 4.71. The lowest BCUT2D eigenvalue weighted by molar-refractivity contribution is -0.121. The maximum absolute atomic E-state index is 12.9. The van der Waals surface area contributed by atoms with Gasteiger partial charge in [-0.15, -0.1) is 0 Å². The number of rotatable bonds is 5. The van der Waals surface area contributed by atoms with Crippen molar-refractivity contribution in [3.8, 4) is 5.75 Å². The Morgan fingerprint density at radius 3 is 2.76 bits per heavy atom. The summed E-state index contributed by atoms with van der Waals surface area (Å²) >= 11 is 0. The molecule has 0 unspecified atom stereocenters. The number of ether oxygens (including phenoxy) is 1. The first-order chi connectivity index (χ1) is 18.0. The molecule has 0 radical (unpaired) electrons. The number of carbonyl (C=O) groups excluding carboxylic acids is 1. The largest absolute Gasteiger partial charge is 0.487 e. The molecule has 1 aliphatic carbocycles. The van der Waals surface area contributed by atoms with E-state index in [-0.39, 0.29) is 17.1 Å². The molecule has 4 aliphatic rings. The van der Waals surface area contributed by atoms with Crippen LogP contribution in [0.25, 0.3) is 11.0 Å². The SMILES string of the molecule is Cc1c(CCC(=O)NC[C@@H]2CCCN3CCCC[C@H]23)c(=O)oc2cc3c(cc12)CCC1(CCCCC1)O3. The lowest BCUT2D eigenvalue weighted by atomic mass is 9.79. The van der Waals surface area contributed by atoms with E-state index in [1.165, 1.54) is 70.0 Å². The molecule has 1 aromatic heterocycles. The highest BCUT2D eigenvalue weighted by atomic mass is 16.5. The molecule has 1 amide bonds. The van der Waals surface area contributed by atoms with Crippen molar-refractivity contribution in [1.82, 2.24) is 10.2 Å². The summed E-state index contributed by atoms with van der Waals surface area (Å²) in [5.41, 5.74) is 2.99. The van der Waals surface area contributed by atoms with Crippen LogP contribution < -0.4 is 15.7 Å². The van der Waals surface area contributed by atoms with Crippen LogP contribution in [0.2, 0.25) is 0 Å². The van der Waals surface area contributed by atoms with Gasteiger partial charge in [-0.05, 0) is 114 Å². The normalized spacial score (nSPS) is 25.3. The zero-order valence-corrected chi connectivity index (χ0v) is 22.4. The Morgan fingerprint density at radius 2 is 1.89 bits per heavy atom. The molecule has 6 nitrogen and oxygen atoms in total. The summed E-state index contributed by atoms with van der Waals surface area (Å²) in [4.78, 5) is 28.3. The summed E-state index contributed by atoms with van der Waals surface area (Å²) in [6.07, 6.45) is 15.1. The van der Waals surface area contributed by atoms with E-state index in [1.54, 1.807) is 0 Å². The molecule has 2 atom stereocenters. The summed E-state index contributed by atoms with van der Waals surface area (Å²) in [7, 11) is 0. The van der Waals surface area contributed by atoms with Crippen LogP contribution in [0.3, 0.4) is 0 Å². The van der Waals surface area contributed by atoms with Gasteiger partial charge in [-0.1, -0.05) is 12.8 Å². The minimum atomic E-state index is -0.328.